The molecule has 164 valence electrons. The van der Waals surface area contributed by atoms with E-state index < -0.39 is 0 Å². The molecule has 0 unspecified atom stereocenters. The number of amides is 1. The fourth-order valence-corrected chi connectivity index (χ4v) is 5.21. The first-order chi connectivity index (χ1) is 15.7. The van der Waals surface area contributed by atoms with Crippen molar-refractivity contribution < 1.29 is 14.6 Å². The average molecular weight is 429 g/mol. The van der Waals surface area contributed by atoms with Crippen LogP contribution in [-0.2, 0) is 11.3 Å². The van der Waals surface area contributed by atoms with Gasteiger partial charge in [-0.25, -0.2) is 0 Å². The van der Waals surface area contributed by atoms with E-state index in [9.17, 15) is 9.90 Å². The molecular weight excluding hydrogens is 400 g/mol. The molecule has 1 N–H and O–H groups in total. The number of rotatable bonds is 6. The van der Waals surface area contributed by atoms with E-state index in [1.807, 2.05) is 35.2 Å². The van der Waals surface area contributed by atoms with Crippen molar-refractivity contribution in [3.8, 4) is 16.9 Å². The quantitative estimate of drug-likeness (QED) is 0.653. The molecule has 32 heavy (non-hydrogen) atoms. The van der Waals surface area contributed by atoms with Gasteiger partial charge in [0, 0.05) is 19.0 Å². The Hall–Kier alpha value is -3.15. The molecule has 0 spiro atoms. The maximum atomic E-state index is 12.9. The van der Waals surface area contributed by atoms with Crippen molar-refractivity contribution in [2.45, 2.75) is 24.5 Å². The Balaban J connectivity index is 1.34. The summed E-state index contributed by atoms with van der Waals surface area (Å²) in [5, 5.41) is 10.0. The third kappa shape index (κ3) is 3.78. The number of carbonyl (C=O) groups is 1. The van der Waals surface area contributed by atoms with E-state index in [1.54, 1.807) is 7.11 Å². The van der Waals surface area contributed by atoms with Crippen molar-refractivity contribution in [1.82, 2.24) is 9.80 Å². The maximum Gasteiger partial charge on any atom is 0.237 e. The van der Waals surface area contributed by atoms with E-state index in [-0.39, 0.29) is 30.5 Å². The highest BCUT2D eigenvalue weighted by Gasteiger charge is 2.53. The van der Waals surface area contributed by atoms with Crippen molar-refractivity contribution in [2.24, 2.45) is 0 Å². The highest BCUT2D eigenvalue weighted by molar-refractivity contribution is 5.81. The molecule has 3 aromatic rings. The number of benzene rings is 3. The summed E-state index contributed by atoms with van der Waals surface area (Å²) in [6.07, 6.45) is 0. The van der Waals surface area contributed by atoms with Crippen LogP contribution in [0.4, 0.5) is 0 Å². The Morgan fingerprint density at radius 1 is 0.938 bits per heavy atom. The zero-order valence-electron chi connectivity index (χ0n) is 18.2. The van der Waals surface area contributed by atoms with Crippen LogP contribution in [0.2, 0.25) is 0 Å². The fourth-order valence-electron chi connectivity index (χ4n) is 5.21. The molecule has 2 fully saturated rings. The van der Waals surface area contributed by atoms with Gasteiger partial charge in [-0.3, -0.25) is 9.69 Å². The van der Waals surface area contributed by atoms with E-state index in [2.05, 4.69) is 53.4 Å². The molecule has 2 saturated heterocycles. The Morgan fingerprint density at radius 3 is 2.22 bits per heavy atom. The molecule has 0 aromatic heterocycles. The fraction of sp³-hybridized carbons (Fsp3) is 0.296. The van der Waals surface area contributed by atoms with Gasteiger partial charge < -0.3 is 14.7 Å². The Morgan fingerprint density at radius 2 is 1.59 bits per heavy atom. The van der Waals surface area contributed by atoms with Crippen molar-refractivity contribution in [1.29, 1.82) is 0 Å². The van der Waals surface area contributed by atoms with Gasteiger partial charge >= 0.3 is 0 Å². The molecule has 3 aromatic carbocycles. The van der Waals surface area contributed by atoms with Gasteiger partial charge in [0.05, 0.1) is 32.3 Å². The van der Waals surface area contributed by atoms with E-state index in [1.165, 1.54) is 11.1 Å². The SMILES string of the molecule is COc1ccc(-c2ccc([C@H]3[C@@H](CO)N4C(=O)CN(Cc5ccccc5)C[C@@H]34)cc2)cc1. The topological polar surface area (TPSA) is 53.0 Å². The average Bonchev–Trinajstić information content (AvgIpc) is 2.82. The molecule has 0 bridgehead atoms. The van der Waals surface area contributed by atoms with Crippen LogP contribution in [0.25, 0.3) is 11.1 Å². The van der Waals surface area contributed by atoms with Gasteiger partial charge in [0.1, 0.15) is 5.75 Å². The second-order valence-corrected chi connectivity index (χ2v) is 8.65. The predicted molar refractivity (Wildman–Crippen MR) is 124 cm³/mol. The summed E-state index contributed by atoms with van der Waals surface area (Å²) < 4.78 is 5.25. The molecule has 0 saturated carbocycles. The summed E-state index contributed by atoms with van der Waals surface area (Å²) in [5.41, 5.74) is 4.66. The standard InChI is InChI=1S/C27H28N2O3/c1-32-23-13-11-21(12-14-23)20-7-9-22(10-8-20)27-24-16-28(15-19-5-3-2-4-6-19)17-26(31)29(24)25(27)18-30/h2-14,24-25,27,30H,15-18H2,1H3/t24-,25+,27+/m0/s1. The first-order valence-electron chi connectivity index (χ1n) is 11.1. The molecule has 2 aliphatic rings. The summed E-state index contributed by atoms with van der Waals surface area (Å²) in [4.78, 5) is 17.0. The van der Waals surface area contributed by atoms with Gasteiger partial charge in [-0.1, -0.05) is 66.7 Å². The van der Waals surface area contributed by atoms with Crippen LogP contribution < -0.4 is 4.74 Å². The zero-order chi connectivity index (χ0) is 22.1. The summed E-state index contributed by atoms with van der Waals surface area (Å²) in [6, 6.07) is 26.8. The minimum atomic E-state index is -0.141. The van der Waals surface area contributed by atoms with Crippen molar-refractivity contribution >= 4 is 5.91 Å². The molecule has 2 aliphatic heterocycles. The van der Waals surface area contributed by atoms with Crippen LogP contribution in [0.15, 0.2) is 78.9 Å². The van der Waals surface area contributed by atoms with Crippen LogP contribution in [0.1, 0.15) is 17.0 Å². The molecule has 5 heteroatoms. The Bertz CT molecular complexity index is 1070. The van der Waals surface area contributed by atoms with E-state index in [4.69, 9.17) is 4.74 Å². The number of piperazine rings is 1. The van der Waals surface area contributed by atoms with Gasteiger partial charge in [-0.05, 0) is 34.4 Å². The first kappa shape index (κ1) is 20.7. The third-order valence-corrected chi connectivity index (χ3v) is 6.79. The minimum Gasteiger partial charge on any atom is -0.497 e. The number of aliphatic hydroxyl groups excluding tert-OH is 1. The number of carbonyl (C=O) groups excluding carboxylic acids is 1. The summed E-state index contributed by atoms with van der Waals surface area (Å²) >= 11 is 0. The van der Waals surface area contributed by atoms with Crippen LogP contribution in [-0.4, -0.2) is 59.7 Å². The number of hydrogen-bond acceptors (Lipinski definition) is 4. The molecule has 3 atom stereocenters. The van der Waals surface area contributed by atoms with Crippen LogP contribution in [0.5, 0.6) is 5.75 Å². The van der Waals surface area contributed by atoms with Gasteiger partial charge in [0.2, 0.25) is 5.91 Å². The largest absolute Gasteiger partial charge is 0.497 e. The van der Waals surface area contributed by atoms with E-state index in [0.29, 0.717) is 6.54 Å². The lowest BCUT2D eigenvalue weighted by Crippen LogP contribution is -2.72. The summed E-state index contributed by atoms with van der Waals surface area (Å²) in [7, 11) is 1.67. The lowest BCUT2D eigenvalue weighted by molar-refractivity contribution is -0.162. The molecule has 0 aliphatic carbocycles. The zero-order valence-corrected chi connectivity index (χ0v) is 18.2. The first-order valence-corrected chi connectivity index (χ1v) is 11.1. The highest BCUT2D eigenvalue weighted by Crippen LogP contribution is 2.43. The Labute approximate surface area is 188 Å². The smallest absolute Gasteiger partial charge is 0.237 e. The Kier molecular flexibility index (Phi) is 5.68. The van der Waals surface area contributed by atoms with Crippen LogP contribution >= 0.6 is 0 Å². The van der Waals surface area contributed by atoms with Gasteiger partial charge in [0.15, 0.2) is 0 Å². The number of ether oxygens (including phenoxy) is 1. The third-order valence-electron chi connectivity index (χ3n) is 6.79. The number of hydrogen-bond donors (Lipinski definition) is 1. The molecule has 0 radical (unpaired) electrons. The molecule has 5 nitrogen and oxygen atoms in total. The molecule has 1 amide bonds. The molecular formula is C27H28N2O3. The molecule has 2 heterocycles. The highest BCUT2D eigenvalue weighted by atomic mass is 16.5. The summed E-state index contributed by atoms with van der Waals surface area (Å²) in [5.74, 6) is 1.10. The van der Waals surface area contributed by atoms with Crippen LogP contribution in [0, 0.1) is 0 Å². The lowest BCUT2D eigenvalue weighted by Gasteiger charge is -2.59. The maximum absolute atomic E-state index is 12.9. The predicted octanol–water partition coefficient (Wildman–Crippen LogP) is 3.53. The normalized spacial score (nSPS) is 22.9. The van der Waals surface area contributed by atoms with Gasteiger partial charge in [-0.2, -0.15) is 0 Å². The van der Waals surface area contributed by atoms with Crippen molar-refractivity contribution in [3.63, 3.8) is 0 Å². The number of nitrogens with zero attached hydrogens (tertiary/aromatic N) is 2. The number of fused-ring (bicyclic) bond motifs is 1. The van der Waals surface area contributed by atoms with Gasteiger partial charge in [-0.15, -0.1) is 0 Å². The van der Waals surface area contributed by atoms with Gasteiger partial charge in [0.25, 0.3) is 0 Å². The van der Waals surface area contributed by atoms with Crippen molar-refractivity contribution in [3.05, 3.63) is 90.0 Å². The monoisotopic (exact) mass is 428 g/mol. The van der Waals surface area contributed by atoms with E-state index >= 15 is 0 Å². The lowest BCUT2D eigenvalue weighted by atomic mass is 9.73. The van der Waals surface area contributed by atoms with Crippen LogP contribution in [0.3, 0.4) is 0 Å². The van der Waals surface area contributed by atoms with Crippen molar-refractivity contribution in [2.75, 3.05) is 26.8 Å². The summed E-state index contributed by atoms with van der Waals surface area (Å²) in [6.45, 7) is 1.99. The second-order valence-electron chi connectivity index (χ2n) is 8.65. The van der Waals surface area contributed by atoms with E-state index in [0.717, 1.165) is 30.0 Å². The molecule has 5 rings (SSSR count). The second kappa shape index (κ2) is 8.77. The number of aliphatic hydroxyl groups is 1. The number of methoxy groups -OCH3 is 1. The minimum absolute atomic E-state index is 0.00811.